The van der Waals surface area contributed by atoms with Crippen molar-refractivity contribution < 1.29 is 14.3 Å². The molecule has 1 aliphatic rings. The summed E-state index contributed by atoms with van der Waals surface area (Å²) in [6, 6.07) is 12.9. The van der Waals surface area contributed by atoms with E-state index in [1.54, 1.807) is 13.2 Å². The van der Waals surface area contributed by atoms with Gasteiger partial charge in [0.15, 0.2) is 0 Å². The zero-order valence-electron chi connectivity index (χ0n) is 17.7. The zero-order chi connectivity index (χ0) is 21.3. The van der Waals surface area contributed by atoms with E-state index in [0.717, 1.165) is 49.3 Å². The maximum Gasteiger partial charge on any atom is 0.323 e. The van der Waals surface area contributed by atoms with Crippen LogP contribution in [0.5, 0.6) is 0 Å². The van der Waals surface area contributed by atoms with Gasteiger partial charge in [-0.25, -0.2) is 4.79 Å². The van der Waals surface area contributed by atoms with E-state index in [1.807, 2.05) is 36.4 Å². The lowest BCUT2D eigenvalue weighted by Gasteiger charge is -2.22. The van der Waals surface area contributed by atoms with Crippen molar-refractivity contribution in [2.24, 2.45) is 0 Å². The van der Waals surface area contributed by atoms with E-state index in [9.17, 15) is 9.59 Å². The summed E-state index contributed by atoms with van der Waals surface area (Å²) in [6.07, 6.45) is 3.13. The lowest BCUT2D eigenvalue weighted by molar-refractivity contribution is 0.0937. The minimum Gasteiger partial charge on any atom is -0.383 e. The Bertz CT molecular complexity index is 879. The third-order valence-electron chi connectivity index (χ3n) is 5.13. The van der Waals surface area contributed by atoms with Gasteiger partial charge < -0.3 is 25.6 Å². The molecule has 30 heavy (non-hydrogen) atoms. The number of hydrogen-bond acceptors (Lipinski definition) is 4. The number of nitrogens with one attached hydrogen (secondary N) is 3. The molecule has 0 atom stereocenters. The molecule has 0 saturated carbocycles. The Hall–Kier alpha value is -3.06. The van der Waals surface area contributed by atoms with Gasteiger partial charge >= 0.3 is 6.03 Å². The standard InChI is InChI=1S/C23H30N4O3/c1-3-17-7-6-8-18(15-17)25-23(29)26-19-9-10-21(27-12-4-5-13-27)20(16-19)22(28)24-11-14-30-2/h6-10,15-16H,3-5,11-14H2,1-2H3,(H,24,28)(H2,25,26,29). The van der Waals surface area contributed by atoms with Gasteiger partial charge in [-0.15, -0.1) is 0 Å². The van der Waals surface area contributed by atoms with Crippen molar-refractivity contribution in [3.8, 4) is 0 Å². The van der Waals surface area contributed by atoms with Gasteiger partial charge in [0.1, 0.15) is 0 Å². The fourth-order valence-corrected chi connectivity index (χ4v) is 3.55. The van der Waals surface area contributed by atoms with Gasteiger partial charge in [-0.2, -0.15) is 0 Å². The number of amides is 3. The van der Waals surface area contributed by atoms with Crippen LogP contribution in [0.4, 0.5) is 21.9 Å². The van der Waals surface area contributed by atoms with Crippen LogP contribution in [0.1, 0.15) is 35.7 Å². The molecule has 0 unspecified atom stereocenters. The molecule has 1 saturated heterocycles. The number of methoxy groups -OCH3 is 1. The van der Waals surface area contributed by atoms with Crippen LogP contribution in [-0.2, 0) is 11.2 Å². The first kappa shape index (κ1) is 21.6. The maximum atomic E-state index is 12.8. The Balaban J connectivity index is 1.74. The van der Waals surface area contributed by atoms with E-state index in [-0.39, 0.29) is 11.9 Å². The average Bonchev–Trinajstić information content (AvgIpc) is 3.28. The summed E-state index contributed by atoms with van der Waals surface area (Å²) in [7, 11) is 1.60. The number of anilines is 3. The van der Waals surface area contributed by atoms with Gasteiger partial charge in [0.05, 0.1) is 12.2 Å². The van der Waals surface area contributed by atoms with Crippen molar-refractivity contribution in [2.45, 2.75) is 26.2 Å². The van der Waals surface area contributed by atoms with Gasteiger partial charge in [0, 0.05) is 43.8 Å². The van der Waals surface area contributed by atoms with Crippen LogP contribution >= 0.6 is 0 Å². The number of ether oxygens (including phenoxy) is 1. The number of nitrogens with zero attached hydrogens (tertiary/aromatic N) is 1. The molecule has 160 valence electrons. The molecule has 0 spiro atoms. The Labute approximate surface area is 177 Å². The van der Waals surface area contributed by atoms with Crippen molar-refractivity contribution >= 4 is 29.0 Å². The molecule has 7 nitrogen and oxygen atoms in total. The highest BCUT2D eigenvalue weighted by molar-refractivity contribution is 6.04. The van der Waals surface area contributed by atoms with E-state index in [1.165, 1.54) is 0 Å². The largest absolute Gasteiger partial charge is 0.383 e. The van der Waals surface area contributed by atoms with Gasteiger partial charge in [-0.1, -0.05) is 19.1 Å². The molecular formula is C23H30N4O3. The zero-order valence-corrected chi connectivity index (χ0v) is 17.7. The summed E-state index contributed by atoms with van der Waals surface area (Å²) in [5, 5.41) is 8.56. The second kappa shape index (κ2) is 10.6. The van der Waals surface area contributed by atoms with Crippen molar-refractivity contribution in [3.63, 3.8) is 0 Å². The minimum absolute atomic E-state index is 0.173. The van der Waals surface area contributed by atoms with Gasteiger partial charge in [-0.3, -0.25) is 4.79 Å². The van der Waals surface area contributed by atoms with Crippen molar-refractivity contribution in [1.29, 1.82) is 0 Å². The molecule has 0 bridgehead atoms. The van der Waals surface area contributed by atoms with Gasteiger partial charge in [0.25, 0.3) is 5.91 Å². The SMILES string of the molecule is CCc1cccc(NC(=O)Nc2ccc(N3CCCC3)c(C(=O)NCCOC)c2)c1. The molecule has 2 aromatic rings. The van der Waals surface area contributed by atoms with Crippen LogP contribution in [0, 0.1) is 0 Å². The lowest BCUT2D eigenvalue weighted by atomic mass is 10.1. The van der Waals surface area contributed by atoms with Crippen LogP contribution in [0.2, 0.25) is 0 Å². The summed E-state index contributed by atoms with van der Waals surface area (Å²) < 4.78 is 5.02. The van der Waals surface area contributed by atoms with E-state index in [2.05, 4.69) is 27.8 Å². The summed E-state index contributed by atoms with van der Waals surface area (Å²) in [5.74, 6) is -0.173. The smallest absolute Gasteiger partial charge is 0.323 e. The molecule has 2 aromatic carbocycles. The molecule has 0 aromatic heterocycles. The first-order chi connectivity index (χ1) is 14.6. The normalized spacial score (nSPS) is 13.2. The van der Waals surface area contributed by atoms with E-state index in [4.69, 9.17) is 4.74 Å². The van der Waals surface area contributed by atoms with Crippen LogP contribution in [0.15, 0.2) is 42.5 Å². The lowest BCUT2D eigenvalue weighted by Crippen LogP contribution is -2.30. The molecule has 7 heteroatoms. The quantitative estimate of drug-likeness (QED) is 0.577. The number of rotatable bonds is 8. The highest BCUT2D eigenvalue weighted by atomic mass is 16.5. The first-order valence-electron chi connectivity index (χ1n) is 10.4. The first-order valence-corrected chi connectivity index (χ1v) is 10.4. The molecule has 3 N–H and O–H groups in total. The van der Waals surface area contributed by atoms with Crippen molar-refractivity contribution in [2.75, 3.05) is 48.9 Å². The third-order valence-corrected chi connectivity index (χ3v) is 5.13. The molecule has 1 aliphatic heterocycles. The average molecular weight is 411 g/mol. The predicted molar refractivity (Wildman–Crippen MR) is 121 cm³/mol. The number of carbonyl (C=O) groups is 2. The molecule has 0 radical (unpaired) electrons. The van der Waals surface area contributed by atoms with Crippen LogP contribution in [0.25, 0.3) is 0 Å². The topological polar surface area (TPSA) is 82.7 Å². The Morgan fingerprint density at radius 2 is 1.77 bits per heavy atom. The van der Waals surface area contributed by atoms with Gasteiger partial charge in [0.2, 0.25) is 0 Å². The highest BCUT2D eigenvalue weighted by Gasteiger charge is 2.20. The number of hydrogen-bond donors (Lipinski definition) is 3. The van der Waals surface area contributed by atoms with Gasteiger partial charge in [-0.05, 0) is 55.2 Å². The number of urea groups is 1. The molecule has 3 rings (SSSR count). The minimum atomic E-state index is -0.345. The molecule has 1 fully saturated rings. The number of carbonyl (C=O) groups excluding carboxylic acids is 2. The monoisotopic (exact) mass is 410 g/mol. The third kappa shape index (κ3) is 5.73. The Morgan fingerprint density at radius 1 is 1.03 bits per heavy atom. The molecule has 3 amide bonds. The van der Waals surface area contributed by atoms with Crippen molar-refractivity contribution in [1.82, 2.24) is 5.32 Å². The number of benzene rings is 2. The molecule has 1 heterocycles. The highest BCUT2D eigenvalue weighted by Crippen LogP contribution is 2.27. The summed E-state index contributed by atoms with van der Waals surface area (Å²) in [6.45, 7) is 4.81. The Kier molecular flexibility index (Phi) is 7.68. The van der Waals surface area contributed by atoms with Crippen LogP contribution in [-0.4, -0.2) is 45.3 Å². The molecule has 0 aliphatic carbocycles. The fourth-order valence-electron chi connectivity index (χ4n) is 3.55. The number of aryl methyl sites for hydroxylation is 1. The van der Waals surface area contributed by atoms with Crippen LogP contribution < -0.4 is 20.9 Å². The molecular weight excluding hydrogens is 380 g/mol. The van der Waals surface area contributed by atoms with E-state index >= 15 is 0 Å². The fraction of sp³-hybridized carbons (Fsp3) is 0.391. The maximum absolute atomic E-state index is 12.8. The van der Waals surface area contributed by atoms with Crippen molar-refractivity contribution in [3.05, 3.63) is 53.6 Å². The summed E-state index contributed by atoms with van der Waals surface area (Å²) in [5.41, 5.74) is 3.90. The summed E-state index contributed by atoms with van der Waals surface area (Å²) >= 11 is 0. The van der Waals surface area contributed by atoms with E-state index in [0.29, 0.717) is 24.4 Å². The van der Waals surface area contributed by atoms with Crippen LogP contribution in [0.3, 0.4) is 0 Å². The van der Waals surface area contributed by atoms with E-state index < -0.39 is 0 Å². The Morgan fingerprint density at radius 3 is 2.47 bits per heavy atom. The second-order valence-corrected chi connectivity index (χ2v) is 7.31. The predicted octanol–water partition coefficient (Wildman–Crippen LogP) is 3.87. The second-order valence-electron chi connectivity index (χ2n) is 7.31. The summed E-state index contributed by atoms with van der Waals surface area (Å²) in [4.78, 5) is 27.5.